The number of aryl methyl sites for hydroxylation is 1. The molecule has 0 radical (unpaired) electrons. The molecule has 2 heterocycles. The van der Waals surface area contributed by atoms with Gasteiger partial charge in [0.15, 0.2) is 0 Å². The molecule has 3 rings (SSSR count). The van der Waals surface area contributed by atoms with Crippen molar-refractivity contribution in [3.63, 3.8) is 0 Å². The SMILES string of the molecule is COc1ccc(C)c2[nH]c(C(=O)N[C@@H](CC(C)C)C(=O)N[C@H](C#N)C[C@@H]3CCNC3=O)cc12. The van der Waals surface area contributed by atoms with Crippen molar-refractivity contribution in [3.8, 4) is 11.8 Å². The van der Waals surface area contributed by atoms with Crippen LogP contribution in [0.2, 0.25) is 0 Å². The fraction of sp³-hybridized carbons (Fsp3) is 0.500. The molecule has 9 heteroatoms. The quantitative estimate of drug-likeness (QED) is 0.461. The zero-order valence-corrected chi connectivity index (χ0v) is 19.5. The molecule has 0 saturated carbocycles. The van der Waals surface area contributed by atoms with E-state index in [0.29, 0.717) is 30.8 Å². The van der Waals surface area contributed by atoms with E-state index in [9.17, 15) is 19.6 Å². The molecule has 1 aliphatic rings. The number of benzene rings is 1. The van der Waals surface area contributed by atoms with Crippen LogP contribution in [0.1, 0.15) is 49.2 Å². The molecule has 0 aliphatic carbocycles. The van der Waals surface area contributed by atoms with Gasteiger partial charge in [0.1, 0.15) is 23.5 Å². The lowest BCUT2D eigenvalue weighted by molar-refractivity contribution is -0.125. The highest BCUT2D eigenvalue weighted by Crippen LogP contribution is 2.29. The van der Waals surface area contributed by atoms with Crippen LogP contribution in [0.25, 0.3) is 10.9 Å². The van der Waals surface area contributed by atoms with Gasteiger partial charge in [0, 0.05) is 17.8 Å². The van der Waals surface area contributed by atoms with Crippen molar-refractivity contribution >= 4 is 28.6 Å². The van der Waals surface area contributed by atoms with Crippen LogP contribution in [-0.4, -0.2) is 48.4 Å². The first-order valence-corrected chi connectivity index (χ1v) is 11.2. The Balaban J connectivity index is 1.74. The maximum Gasteiger partial charge on any atom is 0.268 e. The summed E-state index contributed by atoms with van der Waals surface area (Å²) in [4.78, 5) is 41.0. The summed E-state index contributed by atoms with van der Waals surface area (Å²) in [6.45, 7) is 6.42. The van der Waals surface area contributed by atoms with Gasteiger partial charge in [0.25, 0.3) is 5.91 Å². The van der Waals surface area contributed by atoms with Gasteiger partial charge in [0.2, 0.25) is 11.8 Å². The number of hydrogen-bond donors (Lipinski definition) is 4. The van der Waals surface area contributed by atoms with E-state index in [2.05, 4.69) is 27.0 Å². The average molecular weight is 454 g/mol. The summed E-state index contributed by atoms with van der Waals surface area (Å²) in [5.41, 5.74) is 2.08. The van der Waals surface area contributed by atoms with Crippen molar-refractivity contribution in [2.45, 2.75) is 52.1 Å². The number of aromatic nitrogens is 1. The molecule has 176 valence electrons. The summed E-state index contributed by atoms with van der Waals surface area (Å²) in [5, 5.41) is 18.5. The zero-order valence-electron chi connectivity index (χ0n) is 19.5. The molecule has 1 aliphatic heterocycles. The first kappa shape index (κ1) is 24.1. The second kappa shape index (κ2) is 10.4. The van der Waals surface area contributed by atoms with Gasteiger partial charge in [-0.15, -0.1) is 0 Å². The first-order valence-electron chi connectivity index (χ1n) is 11.2. The topological polar surface area (TPSA) is 136 Å². The third-order valence-electron chi connectivity index (χ3n) is 5.91. The Kier molecular flexibility index (Phi) is 7.59. The number of carbonyl (C=O) groups excluding carboxylic acids is 3. The molecule has 33 heavy (non-hydrogen) atoms. The molecule has 1 fully saturated rings. The molecule has 3 atom stereocenters. The number of H-pyrrole nitrogens is 1. The number of rotatable bonds is 9. The number of nitrogens with zero attached hydrogens (tertiary/aromatic N) is 1. The Morgan fingerprint density at radius 1 is 1.30 bits per heavy atom. The molecule has 0 unspecified atom stereocenters. The average Bonchev–Trinajstić information content (AvgIpc) is 3.40. The van der Waals surface area contributed by atoms with Gasteiger partial charge in [-0.25, -0.2) is 0 Å². The lowest BCUT2D eigenvalue weighted by Gasteiger charge is -2.22. The molecule has 0 bridgehead atoms. The van der Waals surface area contributed by atoms with Crippen LogP contribution in [0.5, 0.6) is 5.75 Å². The second-order valence-electron chi connectivity index (χ2n) is 8.91. The number of nitriles is 1. The van der Waals surface area contributed by atoms with Crippen LogP contribution in [-0.2, 0) is 9.59 Å². The Bertz CT molecular complexity index is 1080. The normalized spacial score (nSPS) is 17.3. The zero-order chi connectivity index (χ0) is 24.1. The highest BCUT2D eigenvalue weighted by molar-refractivity contribution is 6.02. The largest absolute Gasteiger partial charge is 0.496 e. The summed E-state index contributed by atoms with van der Waals surface area (Å²) >= 11 is 0. The molecule has 1 aromatic carbocycles. The molecular formula is C24H31N5O4. The van der Waals surface area contributed by atoms with Gasteiger partial charge in [-0.05, 0) is 49.8 Å². The molecule has 3 amide bonds. The predicted molar refractivity (Wildman–Crippen MR) is 124 cm³/mol. The summed E-state index contributed by atoms with van der Waals surface area (Å²) in [5.74, 6) is -0.467. The van der Waals surface area contributed by atoms with Gasteiger partial charge in [0.05, 0.1) is 18.7 Å². The van der Waals surface area contributed by atoms with E-state index in [1.165, 1.54) is 0 Å². The van der Waals surface area contributed by atoms with Gasteiger partial charge < -0.3 is 25.7 Å². The number of hydrogen-bond acceptors (Lipinski definition) is 5. The lowest BCUT2D eigenvalue weighted by Crippen LogP contribution is -2.50. The van der Waals surface area contributed by atoms with E-state index in [0.717, 1.165) is 16.5 Å². The number of nitrogens with one attached hydrogen (secondary N) is 4. The van der Waals surface area contributed by atoms with E-state index in [-0.39, 0.29) is 24.2 Å². The molecule has 1 saturated heterocycles. The minimum absolute atomic E-state index is 0.0962. The number of carbonyl (C=O) groups is 3. The highest BCUT2D eigenvalue weighted by Gasteiger charge is 2.30. The predicted octanol–water partition coefficient (Wildman–Crippen LogP) is 2.16. The van der Waals surface area contributed by atoms with Crippen molar-refractivity contribution in [2.24, 2.45) is 11.8 Å². The molecule has 4 N–H and O–H groups in total. The van der Waals surface area contributed by atoms with Gasteiger partial charge in [-0.1, -0.05) is 19.9 Å². The van der Waals surface area contributed by atoms with Crippen LogP contribution >= 0.6 is 0 Å². The van der Waals surface area contributed by atoms with Crippen LogP contribution in [0.4, 0.5) is 0 Å². The first-order chi connectivity index (χ1) is 15.7. The summed E-state index contributed by atoms with van der Waals surface area (Å²) in [6, 6.07) is 5.89. The van der Waals surface area contributed by atoms with Crippen LogP contribution in [0.15, 0.2) is 18.2 Å². The van der Waals surface area contributed by atoms with E-state index < -0.39 is 23.9 Å². The highest BCUT2D eigenvalue weighted by atomic mass is 16.5. The maximum atomic E-state index is 13.0. The van der Waals surface area contributed by atoms with Crippen molar-refractivity contribution < 1.29 is 19.1 Å². The monoisotopic (exact) mass is 453 g/mol. The minimum Gasteiger partial charge on any atom is -0.496 e. The van der Waals surface area contributed by atoms with E-state index in [1.54, 1.807) is 13.2 Å². The Morgan fingerprint density at radius 2 is 2.06 bits per heavy atom. The second-order valence-corrected chi connectivity index (χ2v) is 8.91. The summed E-state index contributed by atoms with van der Waals surface area (Å²) in [6.07, 6.45) is 1.29. The van der Waals surface area contributed by atoms with E-state index in [1.807, 2.05) is 32.9 Å². The fourth-order valence-electron chi connectivity index (χ4n) is 4.14. The van der Waals surface area contributed by atoms with Gasteiger partial charge >= 0.3 is 0 Å². The fourth-order valence-corrected chi connectivity index (χ4v) is 4.14. The van der Waals surface area contributed by atoms with Crippen LogP contribution in [0, 0.1) is 30.1 Å². The lowest BCUT2D eigenvalue weighted by atomic mass is 9.98. The third-order valence-corrected chi connectivity index (χ3v) is 5.91. The Hall–Kier alpha value is -3.54. The molecule has 2 aromatic rings. The summed E-state index contributed by atoms with van der Waals surface area (Å²) < 4.78 is 5.39. The van der Waals surface area contributed by atoms with Crippen molar-refractivity contribution in [1.29, 1.82) is 5.26 Å². The molecule has 1 aromatic heterocycles. The number of ether oxygens (including phenoxy) is 1. The van der Waals surface area contributed by atoms with Gasteiger partial charge in [-0.3, -0.25) is 14.4 Å². The van der Waals surface area contributed by atoms with Crippen molar-refractivity contribution in [2.75, 3.05) is 13.7 Å². The van der Waals surface area contributed by atoms with Crippen LogP contribution in [0.3, 0.4) is 0 Å². The number of amides is 3. The van der Waals surface area contributed by atoms with Gasteiger partial charge in [-0.2, -0.15) is 5.26 Å². The smallest absolute Gasteiger partial charge is 0.268 e. The number of aromatic amines is 1. The van der Waals surface area contributed by atoms with E-state index >= 15 is 0 Å². The van der Waals surface area contributed by atoms with Crippen molar-refractivity contribution in [3.05, 3.63) is 29.5 Å². The molecule has 9 nitrogen and oxygen atoms in total. The number of methoxy groups -OCH3 is 1. The molecular weight excluding hydrogens is 422 g/mol. The Morgan fingerprint density at radius 3 is 2.67 bits per heavy atom. The minimum atomic E-state index is -0.819. The standard InChI is InChI=1S/C24H31N5O4/c1-13(2)9-18(23(31)27-16(12-25)10-15-7-8-26-22(15)30)29-24(32)19-11-17-20(33-4)6-5-14(3)21(17)28-19/h5-6,11,13,15-16,18,28H,7-10H2,1-4H3,(H,26,30)(H,27,31)(H,29,32)/t15-,16-,18-/m0/s1. The summed E-state index contributed by atoms with van der Waals surface area (Å²) in [7, 11) is 1.57. The van der Waals surface area contributed by atoms with Crippen LogP contribution < -0.4 is 20.7 Å². The van der Waals surface area contributed by atoms with Crippen molar-refractivity contribution in [1.82, 2.24) is 20.9 Å². The number of fused-ring (bicyclic) bond motifs is 1. The molecule has 0 spiro atoms. The Labute approximate surface area is 193 Å². The van der Waals surface area contributed by atoms with E-state index in [4.69, 9.17) is 4.74 Å². The maximum absolute atomic E-state index is 13.0. The third kappa shape index (κ3) is 5.64.